The molecular formula is C16H17N3O. The summed E-state index contributed by atoms with van der Waals surface area (Å²) >= 11 is 0. The number of nitrogens with two attached hydrogens (primary N) is 2. The second-order valence-corrected chi connectivity index (χ2v) is 5.24. The summed E-state index contributed by atoms with van der Waals surface area (Å²) < 4.78 is 0. The van der Waals surface area contributed by atoms with Crippen molar-refractivity contribution in [1.82, 2.24) is 5.32 Å². The third-order valence-corrected chi connectivity index (χ3v) is 3.63. The Bertz CT molecular complexity index is 621. The molecule has 0 fully saturated rings. The summed E-state index contributed by atoms with van der Waals surface area (Å²) in [5.41, 5.74) is 15.6. The van der Waals surface area contributed by atoms with E-state index in [9.17, 15) is 4.79 Å². The second-order valence-electron chi connectivity index (χ2n) is 5.24. The number of fused-ring (bicyclic) bond motifs is 1. The Kier molecular flexibility index (Phi) is 3.06. The fraction of sp³-hybridized carbons (Fsp3) is 0.188. The summed E-state index contributed by atoms with van der Waals surface area (Å²) in [6, 6.07) is 13.4. The van der Waals surface area contributed by atoms with Gasteiger partial charge in [-0.2, -0.15) is 0 Å². The van der Waals surface area contributed by atoms with Gasteiger partial charge in [-0.15, -0.1) is 0 Å². The van der Waals surface area contributed by atoms with Crippen LogP contribution in [-0.2, 0) is 12.8 Å². The molecule has 0 bridgehead atoms. The van der Waals surface area contributed by atoms with Gasteiger partial charge in [-0.25, -0.2) is 0 Å². The Balaban J connectivity index is 1.72. The normalized spacial score (nSPS) is 14.0. The van der Waals surface area contributed by atoms with Crippen molar-refractivity contribution in [3.05, 3.63) is 59.2 Å². The SMILES string of the molecule is Nc1cc(N)cc(C(=O)NC2Cc3ccccc3C2)c1. The Morgan fingerprint density at radius 1 is 1.00 bits per heavy atom. The van der Waals surface area contributed by atoms with Crippen LogP contribution in [0.5, 0.6) is 0 Å². The van der Waals surface area contributed by atoms with E-state index in [1.165, 1.54) is 11.1 Å². The highest BCUT2D eigenvalue weighted by Crippen LogP contribution is 2.22. The van der Waals surface area contributed by atoms with Crippen LogP contribution < -0.4 is 16.8 Å². The van der Waals surface area contributed by atoms with Gasteiger partial charge in [0, 0.05) is 23.0 Å². The molecule has 102 valence electrons. The maximum atomic E-state index is 12.2. The maximum absolute atomic E-state index is 12.2. The number of rotatable bonds is 2. The molecule has 2 aromatic carbocycles. The summed E-state index contributed by atoms with van der Waals surface area (Å²) in [7, 11) is 0. The highest BCUT2D eigenvalue weighted by molar-refractivity contribution is 5.96. The number of carbonyl (C=O) groups excluding carboxylic acids is 1. The van der Waals surface area contributed by atoms with E-state index in [4.69, 9.17) is 11.5 Å². The van der Waals surface area contributed by atoms with Crippen molar-refractivity contribution in [2.24, 2.45) is 0 Å². The second kappa shape index (κ2) is 4.89. The van der Waals surface area contributed by atoms with Crippen LogP contribution in [0.25, 0.3) is 0 Å². The van der Waals surface area contributed by atoms with Gasteiger partial charge in [-0.05, 0) is 42.2 Å². The van der Waals surface area contributed by atoms with Gasteiger partial charge in [0.05, 0.1) is 0 Å². The average Bonchev–Trinajstić information content (AvgIpc) is 2.79. The Hall–Kier alpha value is -2.49. The first-order chi connectivity index (χ1) is 9.61. The van der Waals surface area contributed by atoms with Gasteiger partial charge in [-0.3, -0.25) is 4.79 Å². The molecular weight excluding hydrogens is 250 g/mol. The minimum atomic E-state index is -0.123. The first-order valence-electron chi connectivity index (χ1n) is 6.65. The summed E-state index contributed by atoms with van der Waals surface area (Å²) in [4.78, 5) is 12.2. The van der Waals surface area contributed by atoms with E-state index in [2.05, 4.69) is 17.4 Å². The van der Waals surface area contributed by atoms with Crippen LogP contribution in [0.1, 0.15) is 21.5 Å². The average molecular weight is 267 g/mol. The molecule has 5 N–H and O–H groups in total. The van der Waals surface area contributed by atoms with E-state index in [0.717, 1.165) is 12.8 Å². The van der Waals surface area contributed by atoms with Gasteiger partial charge in [0.2, 0.25) is 0 Å². The number of amides is 1. The summed E-state index contributed by atoms with van der Waals surface area (Å²) in [6.45, 7) is 0. The predicted octanol–water partition coefficient (Wildman–Crippen LogP) is 1.75. The standard InChI is InChI=1S/C16H17N3O/c17-13-5-12(6-14(18)9-13)16(20)19-15-7-10-3-1-2-4-11(10)8-15/h1-6,9,15H,7-8,17-18H2,(H,19,20). The number of carbonyl (C=O) groups is 1. The fourth-order valence-electron chi connectivity index (χ4n) is 2.74. The zero-order valence-corrected chi connectivity index (χ0v) is 11.1. The first kappa shape index (κ1) is 12.5. The van der Waals surface area contributed by atoms with E-state index >= 15 is 0 Å². The lowest BCUT2D eigenvalue weighted by Gasteiger charge is -2.12. The maximum Gasteiger partial charge on any atom is 0.251 e. The van der Waals surface area contributed by atoms with Crippen LogP contribution in [0.15, 0.2) is 42.5 Å². The molecule has 0 aromatic heterocycles. The van der Waals surface area contributed by atoms with Crippen LogP contribution in [0.4, 0.5) is 11.4 Å². The lowest BCUT2D eigenvalue weighted by Crippen LogP contribution is -2.35. The Labute approximate surface area is 117 Å². The lowest BCUT2D eigenvalue weighted by molar-refractivity contribution is 0.0938. The van der Waals surface area contributed by atoms with Crippen molar-refractivity contribution in [2.45, 2.75) is 18.9 Å². The quantitative estimate of drug-likeness (QED) is 0.725. The Morgan fingerprint density at radius 2 is 1.55 bits per heavy atom. The number of hydrogen-bond acceptors (Lipinski definition) is 3. The molecule has 0 heterocycles. The van der Waals surface area contributed by atoms with Crippen molar-refractivity contribution in [2.75, 3.05) is 11.5 Å². The fourth-order valence-corrected chi connectivity index (χ4v) is 2.74. The monoisotopic (exact) mass is 267 g/mol. The van der Waals surface area contributed by atoms with E-state index < -0.39 is 0 Å². The van der Waals surface area contributed by atoms with Gasteiger partial charge >= 0.3 is 0 Å². The first-order valence-corrected chi connectivity index (χ1v) is 6.65. The summed E-state index contributed by atoms with van der Waals surface area (Å²) in [5.74, 6) is -0.123. The third-order valence-electron chi connectivity index (χ3n) is 3.63. The number of nitrogen functional groups attached to an aromatic ring is 2. The molecule has 0 spiro atoms. The smallest absolute Gasteiger partial charge is 0.251 e. The molecule has 1 amide bonds. The van der Waals surface area contributed by atoms with E-state index in [-0.39, 0.29) is 11.9 Å². The van der Waals surface area contributed by atoms with Gasteiger partial charge in [0.25, 0.3) is 5.91 Å². The van der Waals surface area contributed by atoms with Gasteiger partial charge in [0.15, 0.2) is 0 Å². The van der Waals surface area contributed by atoms with E-state index in [0.29, 0.717) is 16.9 Å². The number of nitrogens with one attached hydrogen (secondary N) is 1. The molecule has 4 nitrogen and oxygen atoms in total. The molecule has 1 aliphatic rings. The van der Waals surface area contributed by atoms with Crippen LogP contribution >= 0.6 is 0 Å². The predicted molar refractivity (Wildman–Crippen MR) is 80.4 cm³/mol. The topological polar surface area (TPSA) is 81.1 Å². The molecule has 1 aliphatic carbocycles. The van der Waals surface area contributed by atoms with Gasteiger partial charge in [-0.1, -0.05) is 24.3 Å². The van der Waals surface area contributed by atoms with Crippen molar-refractivity contribution in [3.63, 3.8) is 0 Å². The highest BCUT2D eigenvalue weighted by atomic mass is 16.1. The molecule has 3 rings (SSSR count). The Morgan fingerprint density at radius 3 is 2.10 bits per heavy atom. The number of anilines is 2. The largest absolute Gasteiger partial charge is 0.399 e. The summed E-state index contributed by atoms with van der Waals surface area (Å²) in [5, 5.41) is 3.05. The van der Waals surface area contributed by atoms with Crippen molar-refractivity contribution < 1.29 is 4.79 Å². The minimum absolute atomic E-state index is 0.123. The van der Waals surface area contributed by atoms with Crippen molar-refractivity contribution >= 4 is 17.3 Å². The molecule has 4 heteroatoms. The summed E-state index contributed by atoms with van der Waals surface area (Å²) in [6.07, 6.45) is 1.75. The van der Waals surface area contributed by atoms with Gasteiger partial charge < -0.3 is 16.8 Å². The zero-order chi connectivity index (χ0) is 14.1. The van der Waals surface area contributed by atoms with E-state index in [1.807, 2.05) is 12.1 Å². The molecule has 0 aliphatic heterocycles. The molecule has 0 radical (unpaired) electrons. The minimum Gasteiger partial charge on any atom is -0.399 e. The molecule has 0 saturated carbocycles. The zero-order valence-electron chi connectivity index (χ0n) is 11.1. The van der Waals surface area contributed by atoms with Crippen molar-refractivity contribution in [3.8, 4) is 0 Å². The molecule has 0 unspecified atom stereocenters. The molecule has 0 atom stereocenters. The van der Waals surface area contributed by atoms with Crippen LogP contribution in [0.3, 0.4) is 0 Å². The third kappa shape index (κ3) is 2.45. The highest BCUT2D eigenvalue weighted by Gasteiger charge is 2.22. The molecule has 0 saturated heterocycles. The van der Waals surface area contributed by atoms with Crippen LogP contribution in [0.2, 0.25) is 0 Å². The van der Waals surface area contributed by atoms with Gasteiger partial charge in [0.1, 0.15) is 0 Å². The van der Waals surface area contributed by atoms with Crippen molar-refractivity contribution in [1.29, 1.82) is 0 Å². The van der Waals surface area contributed by atoms with E-state index in [1.54, 1.807) is 18.2 Å². The van der Waals surface area contributed by atoms with Crippen LogP contribution in [0, 0.1) is 0 Å². The molecule has 20 heavy (non-hydrogen) atoms. The number of hydrogen-bond donors (Lipinski definition) is 3. The molecule has 2 aromatic rings. The lowest BCUT2D eigenvalue weighted by atomic mass is 10.1. The van der Waals surface area contributed by atoms with Crippen LogP contribution in [-0.4, -0.2) is 11.9 Å². The number of benzene rings is 2.